The molecule has 1 N–H and O–H groups in total. The molecule has 0 heterocycles. The van der Waals surface area contributed by atoms with E-state index in [2.05, 4.69) is 33.0 Å². The molecule has 0 aliphatic heterocycles. The molecule has 0 saturated heterocycles. The van der Waals surface area contributed by atoms with E-state index in [1.165, 1.54) is 5.56 Å². The molecule has 0 unspecified atom stereocenters. The summed E-state index contributed by atoms with van der Waals surface area (Å²) in [5.74, 6) is 0.166. The van der Waals surface area contributed by atoms with Crippen molar-refractivity contribution in [3.63, 3.8) is 0 Å². The minimum Gasteiger partial charge on any atom is -0.310 e. The average molecular weight is 233 g/mol. The Morgan fingerprint density at radius 2 is 1.76 bits per heavy atom. The molecule has 0 bridgehead atoms. The van der Waals surface area contributed by atoms with Gasteiger partial charge in [-0.2, -0.15) is 0 Å². The summed E-state index contributed by atoms with van der Waals surface area (Å²) < 4.78 is 0. The maximum absolute atomic E-state index is 11.8. The molecule has 2 heteroatoms. The fourth-order valence-corrected chi connectivity index (χ4v) is 1.64. The molecule has 0 amide bonds. The van der Waals surface area contributed by atoms with Crippen LogP contribution in [0.15, 0.2) is 24.3 Å². The van der Waals surface area contributed by atoms with Gasteiger partial charge in [0.05, 0.1) is 6.54 Å². The Labute approximate surface area is 104 Å². The third-order valence-corrected chi connectivity index (χ3v) is 2.79. The van der Waals surface area contributed by atoms with Crippen LogP contribution in [0.4, 0.5) is 0 Å². The first-order chi connectivity index (χ1) is 7.95. The largest absolute Gasteiger partial charge is 0.310 e. The molecule has 0 saturated carbocycles. The number of ketones is 1. The molecule has 1 aromatic carbocycles. The van der Waals surface area contributed by atoms with Crippen molar-refractivity contribution in [2.75, 3.05) is 13.1 Å². The standard InChI is InChI=1S/C15H23NO/c1-5-10-16-11-14(17)12-6-8-13(9-7-12)15(2,3)4/h6-9,16H,5,10-11H2,1-4H3. The second kappa shape index (κ2) is 5.97. The number of nitrogens with one attached hydrogen (secondary N) is 1. The Hall–Kier alpha value is -1.15. The van der Waals surface area contributed by atoms with Gasteiger partial charge in [-0.1, -0.05) is 52.0 Å². The van der Waals surface area contributed by atoms with E-state index in [4.69, 9.17) is 0 Å². The van der Waals surface area contributed by atoms with Gasteiger partial charge >= 0.3 is 0 Å². The van der Waals surface area contributed by atoms with Crippen LogP contribution in [-0.2, 0) is 5.41 Å². The maximum Gasteiger partial charge on any atom is 0.176 e. The van der Waals surface area contributed by atoms with E-state index < -0.39 is 0 Å². The van der Waals surface area contributed by atoms with E-state index in [1.807, 2.05) is 24.3 Å². The molecule has 0 aliphatic rings. The Bertz CT molecular complexity index is 360. The summed E-state index contributed by atoms with van der Waals surface area (Å²) >= 11 is 0. The highest BCUT2D eigenvalue weighted by atomic mass is 16.1. The molecule has 94 valence electrons. The van der Waals surface area contributed by atoms with Crippen LogP contribution >= 0.6 is 0 Å². The maximum atomic E-state index is 11.8. The molecule has 0 aromatic heterocycles. The van der Waals surface area contributed by atoms with E-state index >= 15 is 0 Å². The first-order valence-corrected chi connectivity index (χ1v) is 6.29. The van der Waals surface area contributed by atoms with Crippen molar-refractivity contribution in [2.45, 2.75) is 39.5 Å². The lowest BCUT2D eigenvalue weighted by atomic mass is 9.86. The van der Waals surface area contributed by atoms with Gasteiger partial charge in [-0.15, -0.1) is 0 Å². The lowest BCUT2D eigenvalue weighted by Gasteiger charge is -2.19. The second-order valence-electron chi connectivity index (χ2n) is 5.43. The number of benzene rings is 1. The molecule has 1 rings (SSSR count). The predicted octanol–water partition coefficient (Wildman–Crippen LogP) is 3.17. The molecule has 1 aromatic rings. The van der Waals surface area contributed by atoms with Gasteiger partial charge in [-0.25, -0.2) is 0 Å². The number of Topliss-reactive ketones (excluding diaryl/α,β-unsaturated/α-hetero) is 1. The lowest BCUT2D eigenvalue weighted by molar-refractivity contribution is 0.0991. The Kier molecular flexibility index (Phi) is 4.88. The quantitative estimate of drug-likeness (QED) is 0.625. The minimum atomic E-state index is 0.141. The number of carbonyl (C=O) groups is 1. The first kappa shape index (κ1) is 13.9. The highest BCUT2D eigenvalue weighted by molar-refractivity contribution is 5.97. The van der Waals surface area contributed by atoms with Gasteiger partial charge in [0.15, 0.2) is 5.78 Å². The Balaban J connectivity index is 2.64. The van der Waals surface area contributed by atoms with Crippen LogP contribution in [0.5, 0.6) is 0 Å². The fourth-order valence-electron chi connectivity index (χ4n) is 1.64. The molecule has 2 nitrogen and oxygen atoms in total. The van der Waals surface area contributed by atoms with E-state index in [9.17, 15) is 4.79 Å². The van der Waals surface area contributed by atoms with Crippen molar-refractivity contribution in [3.8, 4) is 0 Å². The topological polar surface area (TPSA) is 29.1 Å². The number of hydrogen-bond donors (Lipinski definition) is 1. The summed E-state index contributed by atoms with van der Waals surface area (Å²) in [6.07, 6.45) is 1.05. The summed E-state index contributed by atoms with van der Waals surface area (Å²) in [5.41, 5.74) is 2.19. The Morgan fingerprint density at radius 3 is 2.24 bits per heavy atom. The normalized spacial score (nSPS) is 11.5. The van der Waals surface area contributed by atoms with Gasteiger partial charge in [0.25, 0.3) is 0 Å². The second-order valence-corrected chi connectivity index (χ2v) is 5.43. The van der Waals surface area contributed by atoms with E-state index in [0.29, 0.717) is 6.54 Å². The minimum absolute atomic E-state index is 0.141. The van der Waals surface area contributed by atoms with Gasteiger partial charge in [0.2, 0.25) is 0 Å². The molecule has 0 atom stereocenters. The van der Waals surface area contributed by atoms with Crippen molar-refractivity contribution in [2.24, 2.45) is 0 Å². The number of hydrogen-bond acceptors (Lipinski definition) is 2. The van der Waals surface area contributed by atoms with Crippen LogP contribution in [0.2, 0.25) is 0 Å². The van der Waals surface area contributed by atoms with E-state index in [1.54, 1.807) is 0 Å². The molecule has 17 heavy (non-hydrogen) atoms. The van der Waals surface area contributed by atoms with Crippen molar-refractivity contribution >= 4 is 5.78 Å². The number of carbonyl (C=O) groups excluding carboxylic acids is 1. The molecule has 0 fully saturated rings. The van der Waals surface area contributed by atoms with Crippen molar-refractivity contribution in [3.05, 3.63) is 35.4 Å². The zero-order chi connectivity index (χ0) is 12.9. The van der Waals surface area contributed by atoms with Crippen LogP contribution < -0.4 is 5.32 Å². The molecule has 0 aliphatic carbocycles. The van der Waals surface area contributed by atoms with Gasteiger partial charge in [0.1, 0.15) is 0 Å². The highest BCUT2D eigenvalue weighted by Crippen LogP contribution is 2.22. The monoisotopic (exact) mass is 233 g/mol. The average Bonchev–Trinajstić information content (AvgIpc) is 2.28. The summed E-state index contributed by atoms with van der Waals surface area (Å²) in [7, 11) is 0. The summed E-state index contributed by atoms with van der Waals surface area (Å²) in [5, 5.41) is 3.13. The van der Waals surface area contributed by atoms with Gasteiger partial charge < -0.3 is 5.32 Å². The van der Waals surface area contributed by atoms with Crippen molar-refractivity contribution < 1.29 is 4.79 Å². The summed E-state index contributed by atoms with van der Waals surface area (Å²) in [6.45, 7) is 9.94. The molecule has 0 radical (unpaired) electrons. The zero-order valence-corrected chi connectivity index (χ0v) is 11.3. The fraction of sp³-hybridized carbons (Fsp3) is 0.533. The van der Waals surface area contributed by atoms with E-state index in [0.717, 1.165) is 18.5 Å². The van der Waals surface area contributed by atoms with Crippen LogP contribution in [0, 0.1) is 0 Å². The van der Waals surface area contributed by atoms with Crippen LogP contribution in [-0.4, -0.2) is 18.9 Å². The van der Waals surface area contributed by atoms with Crippen LogP contribution in [0.3, 0.4) is 0 Å². The summed E-state index contributed by atoms with van der Waals surface area (Å²) in [6, 6.07) is 7.95. The Morgan fingerprint density at radius 1 is 1.18 bits per heavy atom. The molecule has 0 spiro atoms. The van der Waals surface area contributed by atoms with Crippen LogP contribution in [0.25, 0.3) is 0 Å². The van der Waals surface area contributed by atoms with E-state index in [-0.39, 0.29) is 11.2 Å². The molecular weight excluding hydrogens is 210 g/mol. The highest BCUT2D eigenvalue weighted by Gasteiger charge is 2.13. The van der Waals surface area contributed by atoms with Gasteiger partial charge in [-0.05, 0) is 23.9 Å². The number of rotatable bonds is 5. The van der Waals surface area contributed by atoms with Gasteiger partial charge in [0, 0.05) is 5.56 Å². The molecular formula is C15H23NO. The smallest absolute Gasteiger partial charge is 0.176 e. The van der Waals surface area contributed by atoms with Crippen LogP contribution in [0.1, 0.15) is 50.0 Å². The predicted molar refractivity (Wildman–Crippen MR) is 72.6 cm³/mol. The lowest BCUT2D eigenvalue weighted by Crippen LogP contribution is -2.23. The third-order valence-electron chi connectivity index (χ3n) is 2.79. The third kappa shape index (κ3) is 4.31. The first-order valence-electron chi connectivity index (χ1n) is 6.29. The summed E-state index contributed by atoms with van der Waals surface area (Å²) in [4.78, 5) is 11.8. The van der Waals surface area contributed by atoms with Crippen molar-refractivity contribution in [1.29, 1.82) is 0 Å². The van der Waals surface area contributed by atoms with Gasteiger partial charge in [-0.3, -0.25) is 4.79 Å². The zero-order valence-electron chi connectivity index (χ0n) is 11.3. The van der Waals surface area contributed by atoms with Crippen molar-refractivity contribution in [1.82, 2.24) is 5.32 Å². The SMILES string of the molecule is CCCNCC(=O)c1ccc(C(C)(C)C)cc1.